The zero-order valence-corrected chi connectivity index (χ0v) is 22.8. The van der Waals surface area contributed by atoms with Gasteiger partial charge in [0.15, 0.2) is 15.2 Å². The first-order valence-electron chi connectivity index (χ1n) is 11.1. The maximum Gasteiger partial charge on any atom is 0.419 e. The molecule has 0 saturated carbocycles. The van der Waals surface area contributed by atoms with Crippen molar-refractivity contribution in [2.45, 2.75) is 58.1 Å². The van der Waals surface area contributed by atoms with Gasteiger partial charge in [0.2, 0.25) is 0 Å². The first kappa shape index (κ1) is 27.5. The number of hydrogen-bond acceptors (Lipinski definition) is 7. The highest BCUT2D eigenvalue weighted by atomic mass is 35.5. The number of rotatable bonds is 4. The van der Waals surface area contributed by atoms with E-state index in [1.165, 1.54) is 17.0 Å². The van der Waals surface area contributed by atoms with Crippen molar-refractivity contribution in [1.82, 2.24) is 14.9 Å². The summed E-state index contributed by atoms with van der Waals surface area (Å²) in [5, 5.41) is 2.14. The van der Waals surface area contributed by atoms with Gasteiger partial charge in [-0.15, -0.1) is 0 Å². The van der Waals surface area contributed by atoms with Crippen LogP contribution >= 0.6 is 11.6 Å². The van der Waals surface area contributed by atoms with Crippen molar-refractivity contribution in [1.29, 1.82) is 0 Å². The van der Waals surface area contributed by atoms with E-state index in [-0.39, 0.29) is 5.56 Å². The second-order valence-electron chi connectivity index (χ2n) is 10.4. The van der Waals surface area contributed by atoms with Crippen molar-refractivity contribution in [3.63, 3.8) is 0 Å². The molecule has 0 spiro atoms. The summed E-state index contributed by atoms with van der Waals surface area (Å²) >= 11 is 6.20. The fourth-order valence-corrected chi connectivity index (χ4v) is 4.58. The Morgan fingerprint density at radius 2 is 1.64 bits per heavy atom. The van der Waals surface area contributed by atoms with Gasteiger partial charge in [-0.2, -0.15) is 0 Å². The van der Waals surface area contributed by atoms with E-state index in [4.69, 9.17) is 21.1 Å². The third-order valence-corrected chi connectivity index (χ3v) is 6.26. The molecule has 1 N–H and O–H groups in total. The second kappa shape index (κ2) is 9.74. The molecule has 3 aromatic rings. The number of amides is 1. The normalized spacial score (nSPS) is 13.3. The van der Waals surface area contributed by atoms with E-state index in [1.54, 1.807) is 71.9 Å². The van der Waals surface area contributed by atoms with Crippen LogP contribution in [0.15, 0.2) is 42.7 Å². The predicted octanol–water partition coefficient (Wildman–Crippen LogP) is 5.71. The maximum atomic E-state index is 13.2. The van der Waals surface area contributed by atoms with Crippen LogP contribution in [0, 0.1) is 0 Å². The Bertz CT molecular complexity index is 1420. The van der Waals surface area contributed by atoms with Crippen molar-refractivity contribution < 1.29 is 27.5 Å². The fraction of sp³-hybridized carbons (Fsp3) is 0.400. The molecular weight excluding hydrogens is 506 g/mol. The third kappa shape index (κ3) is 6.76. The van der Waals surface area contributed by atoms with Gasteiger partial charge in [0.25, 0.3) is 0 Å². The van der Waals surface area contributed by atoms with Gasteiger partial charge in [-0.25, -0.2) is 22.6 Å². The molecule has 9 nitrogen and oxygen atoms in total. The van der Waals surface area contributed by atoms with E-state index in [0.29, 0.717) is 21.8 Å². The van der Waals surface area contributed by atoms with Gasteiger partial charge in [0.1, 0.15) is 11.2 Å². The van der Waals surface area contributed by atoms with Crippen LogP contribution in [-0.2, 0) is 19.3 Å². The maximum absolute atomic E-state index is 13.2. The number of nitrogens with one attached hydrogen (secondary N) is 1. The minimum atomic E-state index is -3.82. The van der Waals surface area contributed by atoms with Crippen LogP contribution in [0.4, 0.5) is 9.59 Å². The number of fused-ring (bicyclic) bond motifs is 1. The number of ether oxygens (including phenoxy) is 2. The van der Waals surface area contributed by atoms with E-state index in [0.717, 1.165) is 11.6 Å². The first-order chi connectivity index (χ1) is 16.4. The van der Waals surface area contributed by atoms with Crippen molar-refractivity contribution in [3.8, 4) is 11.3 Å². The predicted molar refractivity (Wildman–Crippen MR) is 139 cm³/mol. The molecule has 0 saturated heterocycles. The molecule has 36 heavy (non-hydrogen) atoms. The Morgan fingerprint density at radius 1 is 1.00 bits per heavy atom. The highest BCUT2D eigenvalue weighted by Gasteiger charge is 2.29. The molecule has 11 heteroatoms. The van der Waals surface area contributed by atoms with Crippen LogP contribution < -0.4 is 5.32 Å². The molecule has 0 radical (unpaired) electrons. The Kier molecular flexibility index (Phi) is 7.44. The van der Waals surface area contributed by atoms with Crippen molar-refractivity contribution in [2.75, 3.05) is 6.26 Å². The van der Waals surface area contributed by atoms with Crippen molar-refractivity contribution >= 4 is 44.5 Å². The summed E-state index contributed by atoms with van der Waals surface area (Å²) in [7, 11) is -3.82. The van der Waals surface area contributed by atoms with E-state index < -0.39 is 38.6 Å². The Hall–Kier alpha value is -3.11. The number of pyridine rings is 1. The number of carbonyl (C=O) groups excluding carboxylic acids is 2. The Labute approximate surface area is 215 Å². The molecule has 1 aromatic carbocycles. The number of benzene rings is 1. The Morgan fingerprint density at radius 3 is 2.22 bits per heavy atom. The van der Waals surface area contributed by atoms with Crippen LogP contribution in [0.1, 0.15) is 52.5 Å². The van der Waals surface area contributed by atoms with Gasteiger partial charge in [-0.3, -0.25) is 4.98 Å². The zero-order valence-electron chi connectivity index (χ0n) is 21.2. The molecule has 0 aliphatic carbocycles. The number of aromatic nitrogens is 2. The second-order valence-corrected chi connectivity index (χ2v) is 13.0. The minimum absolute atomic E-state index is 0.194. The van der Waals surface area contributed by atoms with Crippen LogP contribution in [0.25, 0.3) is 22.2 Å². The lowest BCUT2D eigenvalue weighted by molar-refractivity contribution is 0.0515. The average Bonchev–Trinajstić information content (AvgIpc) is 3.07. The Balaban J connectivity index is 2.14. The van der Waals surface area contributed by atoms with Gasteiger partial charge in [-0.1, -0.05) is 17.7 Å². The summed E-state index contributed by atoms with van der Waals surface area (Å²) in [5.74, 6) is 0. The number of alkyl carbamates (subject to hydrolysis) is 1. The van der Waals surface area contributed by atoms with Gasteiger partial charge >= 0.3 is 12.2 Å². The lowest BCUT2D eigenvalue weighted by Gasteiger charge is -2.23. The molecular formula is C25H30ClN3O6S. The molecule has 0 aliphatic heterocycles. The minimum Gasteiger partial charge on any atom is -0.444 e. The van der Waals surface area contributed by atoms with Crippen molar-refractivity contribution in [2.24, 2.45) is 0 Å². The van der Waals surface area contributed by atoms with E-state index >= 15 is 0 Å². The number of nitrogens with zero attached hydrogens (tertiary/aromatic N) is 2. The zero-order chi connectivity index (χ0) is 27.1. The highest BCUT2D eigenvalue weighted by molar-refractivity contribution is 7.90. The number of hydrogen-bond donors (Lipinski definition) is 1. The van der Waals surface area contributed by atoms with E-state index in [2.05, 4.69) is 10.3 Å². The third-order valence-electron chi connectivity index (χ3n) is 4.78. The topological polar surface area (TPSA) is 117 Å². The SMILES string of the molecule is CC(C)(C)OC(=O)NC(c1cncc(-c2cc3ccc(Cl)cc3n2C(=O)OC(C)(C)C)c1)S(C)(=O)=O. The summed E-state index contributed by atoms with van der Waals surface area (Å²) in [6, 6.07) is 8.42. The summed E-state index contributed by atoms with van der Waals surface area (Å²) < 4.78 is 37.4. The fourth-order valence-electron chi connectivity index (χ4n) is 3.48. The van der Waals surface area contributed by atoms with E-state index in [9.17, 15) is 18.0 Å². The molecule has 0 aliphatic rings. The van der Waals surface area contributed by atoms with Crippen LogP contribution in [0.5, 0.6) is 0 Å². The number of sulfone groups is 1. The molecule has 2 heterocycles. The molecule has 1 amide bonds. The van der Waals surface area contributed by atoms with Crippen molar-refractivity contribution in [3.05, 3.63) is 53.3 Å². The molecule has 3 rings (SSSR count). The number of halogens is 1. The quantitative estimate of drug-likeness (QED) is 0.455. The van der Waals surface area contributed by atoms with Crippen LogP contribution in [0.3, 0.4) is 0 Å². The summed E-state index contributed by atoms with van der Waals surface area (Å²) in [6.07, 6.45) is 2.31. The van der Waals surface area contributed by atoms with Gasteiger partial charge in [-0.05, 0) is 65.8 Å². The van der Waals surface area contributed by atoms with E-state index in [1.807, 2.05) is 0 Å². The lowest BCUT2D eigenvalue weighted by Crippen LogP contribution is -2.37. The highest BCUT2D eigenvalue weighted by Crippen LogP contribution is 2.32. The largest absolute Gasteiger partial charge is 0.444 e. The van der Waals surface area contributed by atoms with Crippen LogP contribution in [0.2, 0.25) is 5.02 Å². The van der Waals surface area contributed by atoms with Gasteiger partial charge < -0.3 is 14.8 Å². The molecule has 0 fully saturated rings. The molecule has 1 atom stereocenters. The smallest absolute Gasteiger partial charge is 0.419 e. The average molecular weight is 536 g/mol. The van der Waals surface area contributed by atoms with Crippen LogP contribution in [-0.4, -0.2) is 47.6 Å². The standard InChI is InChI=1S/C25H30ClN3O6S/c1-24(2,3)34-22(30)28-21(36(7,32)33)17-10-16(13-27-14-17)19-11-15-8-9-18(26)12-20(15)29(19)23(31)35-25(4,5)6/h8-14,21H,1-7H3,(H,28,30). The van der Waals surface area contributed by atoms with Gasteiger partial charge in [0.05, 0.1) is 11.2 Å². The monoisotopic (exact) mass is 535 g/mol. The molecule has 2 aromatic heterocycles. The van der Waals surface area contributed by atoms with Gasteiger partial charge in [0, 0.05) is 40.2 Å². The summed E-state index contributed by atoms with van der Waals surface area (Å²) in [4.78, 5) is 29.8. The molecule has 1 unspecified atom stereocenters. The lowest BCUT2D eigenvalue weighted by atomic mass is 10.1. The molecule has 0 bridgehead atoms. The summed E-state index contributed by atoms with van der Waals surface area (Å²) in [5.41, 5.74) is -0.0150. The molecule has 194 valence electrons. The summed E-state index contributed by atoms with van der Waals surface area (Å²) in [6.45, 7) is 10.3. The first-order valence-corrected chi connectivity index (χ1v) is 13.5. The number of carbonyl (C=O) groups is 2.